The predicted octanol–water partition coefficient (Wildman–Crippen LogP) is 1.87. The third-order valence-corrected chi connectivity index (χ3v) is 8.17. The number of thiazole rings is 1. The third kappa shape index (κ3) is 14.3. The van der Waals surface area contributed by atoms with Crippen molar-refractivity contribution in [2.24, 2.45) is 11.1 Å². The van der Waals surface area contributed by atoms with Gasteiger partial charge in [0.25, 0.3) is 0 Å². The number of nitrogens with zero attached hydrogens (tertiary/aromatic N) is 2. The van der Waals surface area contributed by atoms with Crippen molar-refractivity contribution >= 4 is 35.0 Å². The van der Waals surface area contributed by atoms with E-state index in [1.165, 1.54) is 4.90 Å². The number of aliphatic hydroxyl groups is 1. The molecule has 3 amide bonds. The van der Waals surface area contributed by atoms with E-state index in [-0.39, 0.29) is 38.6 Å². The van der Waals surface area contributed by atoms with Crippen LogP contribution < -0.4 is 16.4 Å². The average molecular weight is 734 g/mol. The molecule has 1 aromatic carbocycles. The van der Waals surface area contributed by atoms with Crippen LogP contribution in [-0.4, -0.2) is 121 Å². The van der Waals surface area contributed by atoms with Crippen molar-refractivity contribution in [1.29, 1.82) is 0 Å². The first kappa shape index (κ1) is 42.5. The highest BCUT2D eigenvalue weighted by atomic mass is 32.1. The van der Waals surface area contributed by atoms with Gasteiger partial charge < -0.3 is 45.7 Å². The van der Waals surface area contributed by atoms with Crippen LogP contribution in [0.15, 0.2) is 29.8 Å². The molecule has 2 aromatic rings. The molecular formula is C32H46F3N5O9S. The van der Waals surface area contributed by atoms with Gasteiger partial charge in [0.1, 0.15) is 18.7 Å². The number of aryl methyl sites for hydroxylation is 1. The highest BCUT2D eigenvalue weighted by Gasteiger charge is 2.44. The third-order valence-electron chi connectivity index (χ3n) is 7.19. The number of hydrogen-bond donors (Lipinski definition) is 5. The Morgan fingerprint density at radius 3 is 2.14 bits per heavy atom. The zero-order valence-electron chi connectivity index (χ0n) is 28.5. The largest absolute Gasteiger partial charge is 0.490 e. The fourth-order valence-electron chi connectivity index (χ4n) is 4.67. The van der Waals surface area contributed by atoms with Crippen LogP contribution in [0, 0.1) is 12.3 Å². The number of aliphatic hydroxyl groups excluding tert-OH is 1. The number of halogens is 3. The molecule has 1 aliphatic heterocycles. The molecule has 0 aliphatic carbocycles. The number of β-amino-alcohol motifs (C(OH)–C–C–N with tert-alkyl or cyclic N) is 1. The SMILES string of the molecule is Cc1ncsc1-c1ccc(CNC(=O)[C@H]2C[C@H](O)CN2C(=O)C(NC(=O)COCCOCCOCCN)C(C)(C)C)cc1.O=C(O)C(F)(F)F. The highest BCUT2D eigenvalue weighted by Crippen LogP contribution is 2.28. The fourth-order valence-corrected chi connectivity index (χ4v) is 5.48. The molecule has 50 heavy (non-hydrogen) atoms. The van der Waals surface area contributed by atoms with E-state index in [0.29, 0.717) is 33.0 Å². The second kappa shape index (κ2) is 20.2. The maximum atomic E-state index is 13.7. The number of benzene rings is 1. The molecule has 14 nitrogen and oxygen atoms in total. The predicted molar refractivity (Wildman–Crippen MR) is 177 cm³/mol. The molecule has 1 unspecified atom stereocenters. The number of aliphatic carboxylic acids is 1. The number of alkyl halides is 3. The molecule has 3 rings (SSSR count). The van der Waals surface area contributed by atoms with Crippen molar-refractivity contribution in [2.75, 3.05) is 52.7 Å². The lowest BCUT2D eigenvalue weighted by molar-refractivity contribution is -0.192. The maximum absolute atomic E-state index is 13.7. The van der Waals surface area contributed by atoms with Crippen molar-refractivity contribution < 1.29 is 56.8 Å². The van der Waals surface area contributed by atoms with Crippen LogP contribution >= 0.6 is 11.3 Å². The van der Waals surface area contributed by atoms with E-state index < -0.39 is 47.6 Å². The number of likely N-dealkylation sites (tertiary alicyclic amines) is 1. The monoisotopic (exact) mass is 733 g/mol. The highest BCUT2D eigenvalue weighted by molar-refractivity contribution is 7.13. The second-order valence-electron chi connectivity index (χ2n) is 12.3. The second-order valence-corrected chi connectivity index (χ2v) is 13.2. The van der Waals surface area contributed by atoms with Gasteiger partial charge in [-0.15, -0.1) is 11.3 Å². The van der Waals surface area contributed by atoms with Crippen LogP contribution in [0.25, 0.3) is 10.4 Å². The van der Waals surface area contributed by atoms with Gasteiger partial charge in [0.15, 0.2) is 0 Å². The average Bonchev–Trinajstić information content (AvgIpc) is 3.66. The van der Waals surface area contributed by atoms with Crippen molar-refractivity contribution in [1.82, 2.24) is 20.5 Å². The number of nitrogens with one attached hydrogen (secondary N) is 2. The number of nitrogens with two attached hydrogens (primary N) is 1. The van der Waals surface area contributed by atoms with E-state index in [1.807, 2.05) is 57.5 Å². The number of carbonyl (C=O) groups is 4. The summed E-state index contributed by atoms with van der Waals surface area (Å²) in [6.07, 6.45) is -5.81. The topological polar surface area (TPSA) is 203 Å². The molecule has 1 fully saturated rings. The normalized spacial score (nSPS) is 16.7. The molecule has 6 N–H and O–H groups in total. The fraction of sp³-hybridized carbons (Fsp3) is 0.594. The molecule has 18 heteroatoms. The zero-order valence-corrected chi connectivity index (χ0v) is 29.3. The Kier molecular flexibility index (Phi) is 17.2. The number of aromatic nitrogens is 1. The Morgan fingerprint density at radius 1 is 1.04 bits per heavy atom. The lowest BCUT2D eigenvalue weighted by atomic mass is 9.85. The minimum absolute atomic E-state index is 0.00506. The van der Waals surface area contributed by atoms with Gasteiger partial charge in [0.2, 0.25) is 17.7 Å². The van der Waals surface area contributed by atoms with Gasteiger partial charge in [-0.1, -0.05) is 45.0 Å². The summed E-state index contributed by atoms with van der Waals surface area (Å²) >= 11 is 1.58. The molecule has 0 spiro atoms. The zero-order chi connectivity index (χ0) is 37.5. The summed E-state index contributed by atoms with van der Waals surface area (Å²) in [7, 11) is 0. The Labute approximate surface area is 292 Å². The lowest BCUT2D eigenvalue weighted by Crippen LogP contribution is -2.58. The smallest absolute Gasteiger partial charge is 0.475 e. The molecule has 1 aliphatic rings. The van der Waals surface area contributed by atoms with Crippen LogP contribution in [-0.2, 0) is 39.9 Å². The molecule has 0 saturated carbocycles. The van der Waals surface area contributed by atoms with Crippen LogP contribution in [0.1, 0.15) is 38.4 Å². The number of ether oxygens (including phenoxy) is 3. The van der Waals surface area contributed by atoms with Gasteiger partial charge in [0.05, 0.1) is 55.2 Å². The summed E-state index contributed by atoms with van der Waals surface area (Å²) in [5.41, 5.74) is 9.44. The van der Waals surface area contributed by atoms with Gasteiger partial charge in [-0.25, -0.2) is 9.78 Å². The Balaban J connectivity index is 0.00000112. The summed E-state index contributed by atoms with van der Waals surface area (Å²) in [6.45, 7) is 9.72. The first-order chi connectivity index (χ1) is 23.4. The number of carboxylic acid groups (broad SMARTS) is 1. The molecule has 1 saturated heterocycles. The van der Waals surface area contributed by atoms with Gasteiger partial charge in [-0.3, -0.25) is 14.4 Å². The molecule has 2 heterocycles. The molecule has 280 valence electrons. The minimum atomic E-state index is -5.08. The van der Waals surface area contributed by atoms with Crippen LogP contribution in [0.3, 0.4) is 0 Å². The van der Waals surface area contributed by atoms with Crippen LogP contribution in [0.4, 0.5) is 13.2 Å². The number of amides is 3. The summed E-state index contributed by atoms with van der Waals surface area (Å²) in [5.74, 6) is -4.00. The Hall–Kier alpha value is -3.68. The van der Waals surface area contributed by atoms with E-state index in [0.717, 1.165) is 21.7 Å². The summed E-state index contributed by atoms with van der Waals surface area (Å²) in [6, 6.07) is 6.08. The summed E-state index contributed by atoms with van der Waals surface area (Å²) in [4.78, 5) is 55.2. The number of carbonyl (C=O) groups excluding carboxylic acids is 3. The van der Waals surface area contributed by atoms with E-state index in [2.05, 4.69) is 15.6 Å². The van der Waals surface area contributed by atoms with E-state index in [4.69, 9.17) is 29.8 Å². The van der Waals surface area contributed by atoms with Crippen LogP contribution in [0.5, 0.6) is 0 Å². The van der Waals surface area contributed by atoms with Crippen molar-refractivity contribution in [3.05, 3.63) is 41.0 Å². The minimum Gasteiger partial charge on any atom is -0.475 e. The Bertz CT molecular complexity index is 1390. The van der Waals surface area contributed by atoms with E-state index >= 15 is 0 Å². The van der Waals surface area contributed by atoms with Gasteiger partial charge in [-0.2, -0.15) is 13.2 Å². The van der Waals surface area contributed by atoms with Crippen molar-refractivity contribution in [2.45, 2.75) is 65.0 Å². The molecule has 1 aromatic heterocycles. The molecule has 0 radical (unpaired) electrons. The van der Waals surface area contributed by atoms with Gasteiger partial charge in [0, 0.05) is 26.1 Å². The molecular weight excluding hydrogens is 687 g/mol. The van der Waals surface area contributed by atoms with Crippen molar-refractivity contribution in [3.63, 3.8) is 0 Å². The first-order valence-electron chi connectivity index (χ1n) is 15.7. The Morgan fingerprint density at radius 2 is 1.62 bits per heavy atom. The number of rotatable bonds is 16. The van der Waals surface area contributed by atoms with E-state index in [9.17, 15) is 32.7 Å². The first-order valence-corrected chi connectivity index (χ1v) is 16.6. The van der Waals surface area contributed by atoms with Crippen molar-refractivity contribution in [3.8, 4) is 10.4 Å². The van der Waals surface area contributed by atoms with Gasteiger partial charge in [-0.05, 0) is 23.5 Å². The molecule has 0 bridgehead atoms. The standard InChI is InChI=1S/C30H45N5O7S.C2HF3O2/c1-20-26(43-19-33-20)22-7-5-21(6-8-22)16-32-28(38)24-15-23(36)17-35(24)29(39)27(30(2,3)4)34-25(37)18-42-14-13-41-12-11-40-10-9-31;3-2(4,5)1(6)7/h5-8,19,23-24,27,36H,9-18,31H2,1-4H3,(H,32,38)(H,34,37);(H,6,7)/t23-,24+,27?;/m0./s1. The summed E-state index contributed by atoms with van der Waals surface area (Å²) < 4.78 is 47.7. The molecule has 3 atom stereocenters. The maximum Gasteiger partial charge on any atom is 0.490 e. The quantitative estimate of drug-likeness (QED) is 0.158. The number of carboxylic acids is 1. The summed E-state index contributed by atoms with van der Waals surface area (Å²) in [5, 5.41) is 23.2. The lowest BCUT2D eigenvalue weighted by Gasteiger charge is -2.35. The van der Waals surface area contributed by atoms with E-state index in [1.54, 1.807) is 11.3 Å². The van der Waals surface area contributed by atoms with Crippen LogP contribution in [0.2, 0.25) is 0 Å². The number of hydrogen-bond acceptors (Lipinski definition) is 11. The van der Waals surface area contributed by atoms with Gasteiger partial charge >= 0.3 is 12.1 Å².